The molecule has 1 aromatic carbocycles. The third-order valence-electron chi connectivity index (χ3n) is 4.24. The predicted molar refractivity (Wildman–Crippen MR) is 109 cm³/mol. The van der Waals surface area contributed by atoms with Crippen LogP contribution in [0.25, 0.3) is 10.9 Å². The molecular formula is C18H19BrClF3N4O3. The topological polar surface area (TPSA) is 67.8 Å². The number of carbonyl (C=O) groups is 1. The zero-order chi connectivity index (χ0) is 22.2. The summed E-state index contributed by atoms with van der Waals surface area (Å²) >= 11 is 8.89. The van der Waals surface area contributed by atoms with Crippen LogP contribution in [-0.4, -0.2) is 59.4 Å². The van der Waals surface area contributed by atoms with Gasteiger partial charge < -0.3 is 19.3 Å². The standard InChI is InChI=1S/C18H19BrClF3N4O3/c1-18(2,3)30-17(28)27-6-4-26(5-7-27)14-9-8-10(29-16(22)23)11(19)12(21)13(9)24-15(20)25-14/h8,16H,4-7H2,1-3H3. The number of halogens is 5. The summed E-state index contributed by atoms with van der Waals surface area (Å²) in [6.45, 7) is 3.57. The lowest BCUT2D eigenvalue weighted by molar-refractivity contribution is -0.0504. The Bertz CT molecular complexity index is 966. The summed E-state index contributed by atoms with van der Waals surface area (Å²) < 4.78 is 49.7. The lowest BCUT2D eigenvalue weighted by Crippen LogP contribution is -2.50. The van der Waals surface area contributed by atoms with Gasteiger partial charge in [-0.25, -0.2) is 14.2 Å². The van der Waals surface area contributed by atoms with E-state index < -0.39 is 24.1 Å². The number of alkyl halides is 2. The maximum atomic E-state index is 14.8. The zero-order valence-corrected chi connectivity index (χ0v) is 18.7. The largest absolute Gasteiger partial charge is 0.444 e. The molecule has 1 amide bonds. The molecule has 2 aromatic rings. The fraction of sp³-hybridized carbons (Fsp3) is 0.500. The van der Waals surface area contributed by atoms with Crippen molar-refractivity contribution in [3.63, 3.8) is 0 Å². The Hall–Kier alpha value is -2.01. The first-order chi connectivity index (χ1) is 14.0. The van der Waals surface area contributed by atoms with Gasteiger partial charge >= 0.3 is 12.7 Å². The second-order valence-electron chi connectivity index (χ2n) is 7.55. The molecule has 0 radical (unpaired) electrons. The Morgan fingerprint density at radius 3 is 2.43 bits per heavy atom. The minimum absolute atomic E-state index is 0.131. The van der Waals surface area contributed by atoms with E-state index in [-0.39, 0.29) is 32.2 Å². The Morgan fingerprint density at radius 2 is 1.87 bits per heavy atom. The van der Waals surface area contributed by atoms with Crippen LogP contribution < -0.4 is 9.64 Å². The minimum Gasteiger partial charge on any atom is -0.444 e. The molecule has 0 atom stereocenters. The van der Waals surface area contributed by atoms with Crippen molar-refractivity contribution in [2.45, 2.75) is 33.0 Å². The van der Waals surface area contributed by atoms with Crippen molar-refractivity contribution in [2.24, 2.45) is 0 Å². The number of amides is 1. The zero-order valence-electron chi connectivity index (χ0n) is 16.4. The van der Waals surface area contributed by atoms with E-state index in [0.717, 1.165) is 0 Å². The smallest absolute Gasteiger partial charge is 0.410 e. The van der Waals surface area contributed by atoms with Crippen LogP contribution in [0.5, 0.6) is 5.75 Å². The second kappa shape index (κ2) is 8.62. The maximum Gasteiger partial charge on any atom is 0.410 e. The van der Waals surface area contributed by atoms with E-state index in [9.17, 15) is 18.0 Å². The van der Waals surface area contributed by atoms with E-state index in [4.69, 9.17) is 16.3 Å². The molecule has 0 bridgehead atoms. The summed E-state index contributed by atoms with van der Waals surface area (Å²) in [4.78, 5) is 23.6. The highest BCUT2D eigenvalue weighted by molar-refractivity contribution is 9.10. The predicted octanol–water partition coefficient (Wildman–Crippen LogP) is 4.84. The number of hydrogen-bond donors (Lipinski definition) is 0. The van der Waals surface area contributed by atoms with E-state index in [0.29, 0.717) is 26.2 Å². The summed E-state index contributed by atoms with van der Waals surface area (Å²) in [6.07, 6.45) is -0.435. The van der Waals surface area contributed by atoms with E-state index in [1.165, 1.54) is 6.07 Å². The Balaban J connectivity index is 1.91. The van der Waals surface area contributed by atoms with Crippen LogP contribution >= 0.6 is 27.5 Å². The van der Waals surface area contributed by atoms with Crippen molar-refractivity contribution in [2.75, 3.05) is 31.1 Å². The number of fused-ring (bicyclic) bond motifs is 1. The number of carbonyl (C=O) groups excluding carboxylic acids is 1. The van der Waals surface area contributed by atoms with E-state index in [2.05, 4.69) is 30.6 Å². The molecule has 0 unspecified atom stereocenters. The number of nitrogens with zero attached hydrogens (tertiary/aromatic N) is 4. The lowest BCUT2D eigenvalue weighted by atomic mass is 10.2. The molecule has 0 saturated carbocycles. The summed E-state index contributed by atoms with van der Waals surface area (Å²) in [6, 6.07) is 1.24. The van der Waals surface area contributed by atoms with Crippen molar-refractivity contribution in [1.29, 1.82) is 0 Å². The average molecular weight is 512 g/mol. The number of hydrogen-bond acceptors (Lipinski definition) is 6. The van der Waals surface area contributed by atoms with Gasteiger partial charge in [0.1, 0.15) is 22.7 Å². The van der Waals surface area contributed by atoms with Gasteiger partial charge in [-0.2, -0.15) is 13.8 Å². The van der Waals surface area contributed by atoms with Gasteiger partial charge in [-0.1, -0.05) is 0 Å². The summed E-state index contributed by atoms with van der Waals surface area (Å²) in [5.41, 5.74) is -0.746. The number of ether oxygens (including phenoxy) is 2. The van der Waals surface area contributed by atoms with Crippen LogP contribution in [0.2, 0.25) is 5.28 Å². The van der Waals surface area contributed by atoms with E-state index in [1.807, 2.05) is 0 Å². The van der Waals surface area contributed by atoms with Gasteiger partial charge in [-0.15, -0.1) is 0 Å². The van der Waals surface area contributed by atoms with Crippen molar-refractivity contribution in [3.05, 3.63) is 21.6 Å². The third kappa shape index (κ3) is 5.00. The Kier molecular flexibility index (Phi) is 6.51. The number of piperazine rings is 1. The molecule has 1 aliphatic rings. The summed E-state index contributed by atoms with van der Waals surface area (Å²) in [7, 11) is 0. The van der Waals surface area contributed by atoms with Gasteiger partial charge in [-0.05, 0) is 54.4 Å². The molecule has 0 N–H and O–H groups in total. The fourth-order valence-corrected chi connectivity index (χ4v) is 3.55. The van der Waals surface area contributed by atoms with Crippen molar-refractivity contribution >= 4 is 50.3 Å². The van der Waals surface area contributed by atoms with Crippen LogP contribution in [0.15, 0.2) is 10.5 Å². The number of benzene rings is 1. The van der Waals surface area contributed by atoms with Crippen LogP contribution in [-0.2, 0) is 4.74 Å². The van der Waals surface area contributed by atoms with Crippen molar-refractivity contribution < 1.29 is 27.4 Å². The molecule has 1 saturated heterocycles. The first-order valence-corrected chi connectivity index (χ1v) is 10.2. The van der Waals surface area contributed by atoms with Gasteiger partial charge in [0.05, 0.1) is 4.47 Å². The number of anilines is 1. The Labute approximate surface area is 184 Å². The van der Waals surface area contributed by atoms with Gasteiger partial charge in [0, 0.05) is 31.6 Å². The molecule has 7 nitrogen and oxygen atoms in total. The number of rotatable bonds is 3. The van der Waals surface area contributed by atoms with E-state index in [1.54, 1.807) is 30.6 Å². The van der Waals surface area contributed by atoms with Gasteiger partial charge in [0.25, 0.3) is 0 Å². The monoisotopic (exact) mass is 510 g/mol. The van der Waals surface area contributed by atoms with Gasteiger partial charge in [0.15, 0.2) is 5.82 Å². The first kappa shape index (κ1) is 22.7. The van der Waals surface area contributed by atoms with Crippen LogP contribution in [0, 0.1) is 5.82 Å². The molecule has 30 heavy (non-hydrogen) atoms. The SMILES string of the molecule is CC(C)(C)OC(=O)N1CCN(c2nc(Cl)nc3c(F)c(Br)c(OC(F)F)cc23)CC1. The Morgan fingerprint density at radius 1 is 1.23 bits per heavy atom. The van der Waals surface area contributed by atoms with Crippen LogP contribution in [0.1, 0.15) is 20.8 Å². The molecule has 164 valence electrons. The van der Waals surface area contributed by atoms with Crippen LogP contribution in [0.3, 0.4) is 0 Å². The molecular weight excluding hydrogens is 493 g/mol. The number of aromatic nitrogens is 2. The molecule has 1 aliphatic heterocycles. The second-order valence-corrected chi connectivity index (χ2v) is 8.68. The molecule has 3 rings (SSSR count). The summed E-state index contributed by atoms with van der Waals surface area (Å²) in [5.74, 6) is -1.00. The van der Waals surface area contributed by atoms with Crippen LogP contribution in [0.4, 0.5) is 23.8 Å². The molecule has 2 heterocycles. The lowest BCUT2D eigenvalue weighted by Gasteiger charge is -2.36. The fourth-order valence-electron chi connectivity index (χ4n) is 2.99. The highest BCUT2D eigenvalue weighted by atomic mass is 79.9. The third-order valence-corrected chi connectivity index (χ3v) is 5.15. The average Bonchev–Trinajstić information content (AvgIpc) is 2.64. The highest BCUT2D eigenvalue weighted by Crippen LogP contribution is 2.38. The highest BCUT2D eigenvalue weighted by Gasteiger charge is 2.28. The minimum atomic E-state index is -3.13. The molecule has 0 spiro atoms. The van der Waals surface area contributed by atoms with Crippen molar-refractivity contribution in [1.82, 2.24) is 14.9 Å². The first-order valence-electron chi connectivity index (χ1n) is 8.99. The normalized spacial score (nSPS) is 15.1. The molecule has 1 fully saturated rings. The van der Waals surface area contributed by atoms with Gasteiger partial charge in [-0.3, -0.25) is 0 Å². The molecule has 0 aliphatic carbocycles. The molecule has 1 aromatic heterocycles. The van der Waals surface area contributed by atoms with Gasteiger partial charge in [0.2, 0.25) is 5.28 Å². The summed E-state index contributed by atoms with van der Waals surface area (Å²) in [5, 5.41) is -0.0260. The van der Waals surface area contributed by atoms with Crippen molar-refractivity contribution in [3.8, 4) is 5.75 Å². The maximum absolute atomic E-state index is 14.8. The van der Waals surface area contributed by atoms with E-state index >= 15 is 0 Å². The quantitative estimate of drug-likeness (QED) is 0.549. The molecule has 12 heteroatoms.